The van der Waals surface area contributed by atoms with Gasteiger partial charge >= 0.3 is 0 Å². The number of benzene rings is 1. The van der Waals surface area contributed by atoms with Gasteiger partial charge in [-0.1, -0.05) is 36.2 Å². The van der Waals surface area contributed by atoms with E-state index in [2.05, 4.69) is 17.2 Å². The van der Waals surface area contributed by atoms with E-state index in [-0.39, 0.29) is 24.9 Å². The minimum atomic E-state index is -0.237. The molecule has 0 saturated carbocycles. The summed E-state index contributed by atoms with van der Waals surface area (Å²) in [6.45, 7) is 6.84. The molecule has 7 heteroatoms. The maximum absolute atomic E-state index is 12.1. The Morgan fingerprint density at radius 3 is 2.57 bits per heavy atom. The Labute approximate surface area is 146 Å². The highest BCUT2D eigenvalue weighted by atomic mass is 35.5. The van der Waals surface area contributed by atoms with Crippen molar-refractivity contribution in [2.45, 2.75) is 13.3 Å². The molecule has 0 atom stereocenters. The maximum Gasteiger partial charge on any atom is 0.238 e. The van der Waals surface area contributed by atoms with Gasteiger partial charge in [0.05, 0.1) is 23.8 Å². The van der Waals surface area contributed by atoms with Gasteiger partial charge < -0.3 is 10.6 Å². The largest absolute Gasteiger partial charge is 0.352 e. The third-order valence-corrected chi connectivity index (χ3v) is 3.47. The van der Waals surface area contributed by atoms with Gasteiger partial charge in [-0.3, -0.25) is 14.5 Å². The summed E-state index contributed by atoms with van der Waals surface area (Å²) in [5.74, 6) is -0.380. The van der Waals surface area contributed by atoms with E-state index in [1.807, 2.05) is 6.92 Å². The minimum absolute atomic E-state index is 0.105. The lowest BCUT2D eigenvalue weighted by molar-refractivity contribution is -0.123. The molecule has 5 nitrogen and oxygen atoms in total. The zero-order chi connectivity index (χ0) is 17.2. The van der Waals surface area contributed by atoms with Crippen molar-refractivity contribution in [3.63, 3.8) is 0 Å². The van der Waals surface area contributed by atoms with Crippen LogP contribution in [-0.2, 0) is 9.59 Å². The van der Waals surface area contributed by atoms with E-state index in [4.69, 9.17) is 23.2 Å². The van der Waals surface area contributed by atoms with Crippen LogP contribution in [0.4, 0.5) is 5.69 Å². The molecule has 0 spiro atoms. The van der Waals surface area contributed by atoms with E-state index in [1.54, 1.807) is 29.2 Å². The number of carbonyl (C=O) groups is 2. The molecule has 0 aliphatic carbocycles. The van der Waals surface area contributed by atoms with Crippen molar-refractivity contribution in [2.75, 3.05) is 31.5 Å². The fourth-order valence-electron chi connectivity index (χ4n) is 1.96. The maximum atomic E-state index is 12.1. The van der Waals surface area contributed by atoms with E-state index in [0.717, 1.165) is 6.42 Å². The number of carbonyl (C=O) groups excluding carboxylic acids is 2. The highest BCUT2D eigenvalue weighted by Crippen LogP contribution is 2.25. The van der Waals surface area contributed by atoms with Gasteiger partial charge in [0.15, 0.2) is 0 Å². The van der Waals surface area contributed by atoms with Gasteiger partial charge in [0, 0.05) is 11.6 Å². The second-order valence-corrected chi connectivity index (χ2v) is 5.82. The molecule has 0 aliphatic rings. The molecular weight excluding hydrogens is 337 g/mol. The summed E-state index contributed by atoms with van der Waals surface area (Å²) in [6, 6.07) is 4.85. The second-order valence-electron chi connectivity index (χ2n) is 4.98. The third-order valence-electron chi connectivity index (χ3n) is 2.92. The summed E-state index contributed by atoms with van der Waals surface area (Å²) < 4.78 is 0. The molecule has 0 bridgehead atoms. The number of anilines is 1. The lowest BCUT2D eigenvalue weighted by atomic mass is 10.3. The van der Waals surface area contributed by atoms with Crippen molar-refractivity contribution in [3.8, 4) is 0 Å². The Morgan fingerprint density at radius 1 is 1.26 bits per heavy atom. The molecule has 23 heavy (non-hydrogen) atoms. The van der Waals surface area contributed by atoms with Crippen molar-refractivity contribution < 1.29 is 9.59 Å². The zero-order valence-electron chi connectivity index (χ0n) is 13.1. The number of halogens is 2. The van der Waals surface area contributed by atoms with E-state index in [9.17, 15) is 9.59 Å². The summed E-state index contributed by atoms with van der Waals surface area (Å²) in [4.78, 5) is 25.7. The number of nitrogens with zero attached hydrogens (tertiary/aromatic N) is 1. The van der Waals surface area contributed by atoms with Gasteiger partial charge in [0.1, 0.15) is 0 Å². The lowest BCUT2D eigenvalue weighted by Gasteiger charge is -2.20. The monoisotopic (exact) mass is 357 g/mol. The molecule has 0 aliphatic heterocycles. The molecule has 0 fully saturated rings. The van der Waals surface area contributed by atoms with Crippen LogP contribution in [-0.4, -0.2) is 42.9 Å². The van der Waals surface area contributed by atoms with Gasteiger partial charge in [0.25, 0.3) is 0 Å². The van der Waals surface area contributed by atoms with E-state index < -0.39 is 0 Å². The number of amides is 2. The first-order valence-electron chi connectivity index (χ1n) is 7.31. The van der Waals surface area contributed by atoms with Gasteiger partial charge in [-0.25, -0.2) is 0 Å². The standard InChI is InChI=1S/C16H21Cl2N3O2/c1-3-7-19-15(22)10-21(8-4-2)11-16(23)20-14-6-5-12(17)9-13(14)18/h3,5-6,9H,1,4,7-8,10-11H2,2H3,(H,19,22)(H,20,23). The van der Waals surface area contributed by atoms with Crippen LogP contribution in [0.3, 0.4) is 0 Å². The minimum Gasteiger partial charge on any atom is -0.352 e. The predicted octanol–water partition coefficient (Wildman–Crippen LogP) is 2.95. The fourth-order valence-corrected chi connectivity index (χ4v) is 2.41. The van der Waals surface area contributed by atoms with Crippen LogP contribution in [0, 0.1) is 0 Å². The smallest absolute Gasteiger partial charge is 0.238 e. The average molecular weight is 358 g/mol. The van der Waals surface area contributed by atoms with Crippen LogP contribution in [0.15, 0.2) is 30.9 Å². The summed E-state index contributed by atoms with van der Waals surface area (Å²) in [6.07, 6.45) is 2.45. The van der Waals surface area contributed by atoms with Gasteiger partial charge in [-0.2, -0.15) is 0 Å². The van der Waals surface area contributed by atoms with Crippen molar-refractivity contribution >= 4 is 40.7 Å². The Kier molecular flexibility index (Phi) is 8.69. The van der Waals surface area contributed by atoms with E-state index >= 15 is 0 Å². The fraction of sp³-hybridized carbons (Fsp3) is 0.375. The molecule has 2 amide bonds. The van der Waals surface area contributed by atoms with Crippen LogP contribution < -0.4 is 10.6 Å². The van der Waals surface area contributed by atoms with E-state index in [0.29, 0.717) is 28.8 Å². The van der Waals surface area contributed by atoms with Crippen LogP contribution in [0.25, 0.3) is 0 Å². The van der Waals surface area contributed by atoms with Crippen LogP contribution in [0.2, 0.25) is 10.0 Å². The summed E-state index contributed by atoms with van der Waals surface area (Å²) in [5, 5.41) is 6.29. The zero-order valence-corrected chi connectivity index (χ0v) is 14.6. The topological polar surface area (TPSA) is 61.4 Å². The van der Waals surface area contributed by atoms with Gasteiger partial charge in [-0.05, 0) is 31.2 Å². The van der Waals surface area contributed by atoms with Crippen LogP contribution in [0.1, 0.15) is 13.3 Å². The van der Waals surface area contributed by atoms with E-state index in [1.165, 1.54) is 0 Å². The first-order valence-corrected chi connectivity index (χ1v) is 8.06. The van der Waals surface area contributed by atoms with Crippen molar-refractivity contribution in [3.05, 3.63) is 40.9 Å². The average Bonchev–Trinajstić information content (AvgIpc) is 2.48. The number of nitrogens with one attached hydrogen (secondary N) is 2. The van der Waals surface area contributed by atoms with Crippen molar-refractivity contribution in [1.29, 1.82) is 0 Å². The highest BCUT2D eigenvalue weighted by Gasteiger charge is 2.14. The Bertz CT molecular complexity index is 564. The number of hydrogen-bond acceptors (Lipinski definition) is 3. The summed E-state index contributed by atoms with van der Waals surface area (Å²) >= 11 is 11.8. The number of hydrogen-bond donors (Lipinski definition) is 2. The second kappa shape index (κ2) is 10.3. The summed E-state index contributed by atoms with van der Waals surface area (Å²) in [5.41, 5.74) is 0.494. The van der Waals surface area contributed by atoms with Gasteiger partial charge in [-0.15, -0.1) is 6.58 Å². The molecule has 126 valence electrons. The van der Waals surface area contributed by atoms with Crippen molar-refractivity contribution in [1.82, 2.24) is 10.2 Å². The molecule has 0 heterocycles. The molecular formula is C16H21Cl2N3O2. The lowest BCUT2D eigenvalue weighted by Crippen LogP contribution is -2.41. The predicted molar refractivity (Wildman–Crippen MR) is 95.0 cm³/mol. The Hall–Kier alpha value is -1.56. The molecule has 0 aromatic heterocycles. The quantitative estimate of drug-likeness (QED) is 0.668. The van der Waals surface area contributed by atoms with Crippen LogP contribution in [0.5, 0.6) is 0 Å². The highest BCUT2D eigenvalue weighted by molar-refractivity contribution is 6.36. The Balaban J connectivity index is 2.59. The molecule has 1 rings (SSSR count). The molecule has 0 saturated heterocycles. The summed E-state index contributed by atoms with van der Waals surface area (Å²) in [7, 11) is 0. The van der Waals surface area contributed by atoms with Gasteiger partial charge in [0.2, 0.25) is 11.8 Å². The molecule has 1 aromatic carbocycles. The van der Waals surface area contributed by atoms with Crippen molar-refractivity contribution in [2.24, 2.45) is 0 Å². The normalized spacial score (nSPS) is 10.4. The number of rotatable bonds is 9. The molecule has 0 unspecified atom stereocenters. The first-order chi connectivity index (χ1) is 11.0. The molecule has 2 N–H and O–H groups in total. The van der Waals surface area contributed by atoms with Crippen LogP contribution >= 0.6 is 23.2 Å². The first kappa shape index (κ1) is 19.5. The molecule has 0 radical (unpaired) electrons. The third kappa shape index (κ3) is 7.50. The Morgan fingerprint density at radius 2 is 1.96 bits per heavy atom. The SMILES string of the molecule is C=CCNC(=O)CN(CCC)CC(=O)Nc1ccc(Cl)cc1Cl. The molecule has 1 aromatic rings.